The topological polar surface area (TPSA) is 92.4 Å². The number of carboxylic acids is 1. The molecule has 7 heteroatoms. The number of fused-ring (bicyclic) bond motifs is 1. The fourth-order valence-electron chi connectivity index (χ4n) is 1.78. The summed E-state index contributed by atoms with van der Waals surface area (Å²) in [7, 11) is 0. The molecular weight excluding hydrogens is 246 g/mol. The molecule has 0 saturated heterocycles. The fourth-order valence-corrected chi connectivity index (χ4v) is 1.78. The Morgan fingerprint density at radius 1 is 1.47 bits per heavy atom. The van der Waals surface area contributed by atoms with E-state index in [-0.39, 0.29) is 11.6 Å². The SMILES string of the molecule is CC(C)c1nc2nc(C(=O)O)cc(NC3CC3)n2n1. The highest BCUT2D eigenvalue weighted by Crippen LogP contribution is 2.25. The Labute approximate surface area is 109 Å². The summed E-state index contributed by atoms with van der Waals surface area (Å²) in [6.45, 7) is 3.97. The van der Waals surface area contributed by atoms with E-state index in [0.717, 1.165) is 12.8 Å². The number of nitrogens with one attached hydrogen (secondary N) is 1. The molecule has 0 aromatic carbocycles. The molecular formula is C12H15N5O2. The van der Waals surface area contributed by atoms with E-state index in [2.05, 4.69) is 20.4 Å². The molecule has 0 spiro atoms. The molecule has 1 saturated carbocycles. The maximum absolute atomic E-state index is 11.1. The number of carbonyl (C=O) groups is 1. The molecule has 2 aromatic rings. The summed E-state index contributed by atoms with van der Waals surface area (Å²) in [6.07, 6.45) is 2.19. The Kier molecular flexibility index (Phi) is 2.62. The van der Waals surface area contributed by atoms with Crippen LogP contribution in [0.3, 0.4) is 0 Å². The largest absolute Gasteiger partial charge is 0.477 e. The average molecular weight is 261 g/mol. The maximum Gasteiger partial charge on any atom is 0.354 e. The van der Waals surface area contributed by atoms with Gasteiger partial charge in [-0.05, 0) is 12.8 Å². The first kappa shape index (κ1) is 11.9. The van der Waals surface area contributed by atoms with Gasteiger partial charge in [0.25, 0.3) is 5.78 Å². The molecule has 1 aliphatic carbocycles. The second-order valence-corrected chi connectivity index (χ2v) is 5.09. The number of rotatable bonds is 4. The summed E-state index contributed by atoms with van der Waals surface area (Å²) < 4.78 is 1.58. The van der Waals surface area contributed by atoms with Gasteiger partial charge >= 0.3 is 5.97 Å². The van der Waals surface area contributed by atoms with Crippen molar-refractivity contribution in [3.05, 3.63) is 17.6 Å². The van der Waals surface area contributed by atoms with Crippen molar-refractivity contribution in [1.82, 2.24) is 19.6 Å². The lowest BCUT2D eigenvalue weighted by Crippen LogP contribution is -2.11. The molecule has 0 radical (unpaired) electrons. The molecule has 0 unspecified atom stereocenters. The second kappa shape index (κ2) is 4.18. The molecule has 2 heterocycles. The highest BCUT2D eigenvalue weighted by Gasteiger charge is 2.24. The Morgan fingerprint density at radius 2 is 2.21 bits per heavy atom. The van der Waals surface area contributed by atoms with Crippen LogP contribution in [0, 0.1) is 0 Å². The van der Waals surface area contributed by atoms with E-state index < -0.39 is 5.97 Å². The van der Waals surface area contributed by atoms with Gasteiger partial charge in [0, 0.05) is 18.0 Å². The van der Waals surface area contributed by atoms with Crippen LogP contribution in [0.4, 0.5) is 5.82 Å². The Bertz CT molecular complexity index is 645. The van der Waals surface area contributed by atoms with Crippen LogP contribution in [0.5, 0.6) is 0 Å². The first-order valence-corrected chi connectivity index (χ1v) is 6.32. The van der Waals surface area contributed by atoms with Crippen molar-refractivity contribution in [3.63, 3.8) is 0 Å². The Hall–Kier alpha value is -2.18. The van der Waals surface area contributed by atoms with Gasteiger partial charge in [0.05, 0.1) is 0 Å². The Morgan fingerprint density at radius 3 is 2.79 bits per heavy atom. The van der Waals surface area contributed by atoms with Crippen LogP contribution in [0.15, 0.2) is 6.07 Å². The lowest BCUT2D eigenvalue weighted by molar-refractivity contribution is 0.0690. The van der Waals surface area contributed by atoms with Crippen molar-refractivity contribution < 1.29 is 9.90 Å². The minimum absolute atomic E-state index is 0.0154. The van der Waals surface area contributed by atoms with Crippen LogP contribution < -0.4 is 5.32 Å². The Balaban J connectivity index is 2.14. The first-order valence-electron chi connectivity index (χ1n) is 6.32. The summed E-state index contributed by atoms with van der Waals surface area (Å²) in [5.74, 6) is 0.740. The smallest absolute Gasteiger partial charge is 0.354 e. The van der Waals surface area contributed by atoms with Crippen molar-refractivity contribution in [2.75, 3.05) is 5.32 Å². The summed E-state index contributed by atoms with van der Waals surface area (Å²) in [5.41, 5.74) is -0.0154. The van der Waals surface area contributed by atoms with Gasteiger partial charge in [-0.15, -0.1) is 5.10 Å². The lowest BCUT2D eigenvalue weighted by Gasteiger charge is -2.06. The van der Waals surface area contributed by atoms with Crippen molar-refractivity contribution in [1.29, 1.82) is 0 Å². The molecule has 1 fully saturated rings. The third-order valence-corrected chi connectivity index (χ3v) is 2.99. The van der Waals surface area contributed by atoms with E-state index in [1.165, 1.54) is 6.07 Å². The van der Waals surface area contributed by atoms with Crippen molar-refractivity contribution in [2.45, 2.75) is 38.6 Å². The van der Waals surface area contributed by atoms with E-state index in [1.54, 1.807) is 4.52 Å². The minimum Gasteiger partial charge on any atom is -0.477 e. The fraction of sp³-hybridized carbons (Fsp3) is 0.500. The maximum atomic E-state index is 11.1. The van der Waals surface area contributed by atoms with E-state index >= 15 is 0 Å². The molecule has 0 atom stereocenters. The number of hydrogen-bond acceptors (Lipinski definition) is 5. The molecule has 3 rings (SSSR count). The number of nitrogens with zero attached hydrogens (tertiary/aromatic N) is 4. The summed E-state index contributed by atoms with van der Waals surface area (Å²) in [4.78, 5) is 19.4. The van der Waals surface area contributed by atoms with Crippen LogP contribution in [-0.4, -0.2) is 36.7 Å². The quantitative estimate of drug-likeness (QED) is 0.866. The van der Waals surface area contributed by atoms with E-state index in [4.69, 9.17) is 5.11 Å². The normalized spacial score (nSPS) is 15.1. The monoisotopic (exact) mass is 261 g/mol. The van der Waals surface area contributed by atoms with Gasteiger partial charge in [0.15, 0.2) is 11.5 Å². The van der Waals surface area contributed by atoms with Crippen LogP contribution in [0.25, 0.3) is 5.78 Å². The number of anilines is 1. The van der Waals surface area contributed by atoms with E-state index in [1.807, 2.05) is 13.8 Å². The second-order valence-electron chi connectivity index (χ2n) is 5.09. The van der Waals surface area contributed by atoms with E-state index in [0.29, 0.717) is 23.5 Å². The third-order valence-electron chi connectivity index (χ3n) is 2.99. The molecule has 0 bridgehead atoms. The van der Waals surface area contributed by atoms with Crippen molar-refractivity contribution in [2.24, 2.45) is 0 Å². The van der Waals surface area contributed by atoms with Crippen LogP contribution in [0.2, 0.25) is 0 Å². The van der Waals surface area contributed by atoms with Gasteiger partial charge in [0.2, 0.25) is 0 Å². The zero-order valence-corrected chi connectivity index (χ0v) is 10.8. The average Bonchev–Trinajstić information content (AvgIpc) is 3.04. The predicted molar refractivity (Wildman–Crippen MR) is 68.5 cm³/mol. The molecule has 19 heavy (non-hydrogen) atoms. The molecule has 0 amide bonds. The van der Waals surface area contributed by atoms with Crippen molar-refractivity contribution >= 4 is 17.6 Å². The summed E-state index contributed by atoms with van der Waals surface area (Å²) >= 11 is 0. The molecule has 7 nitrogen and oxygen atoms in total. The summed E-state index contributed by atoms with van der Waals surface area (Å²) in [6, 6.07) is 1.91. The van der Waals surface area contributed by atoms with Gasteiger partial charge in [-0.1, -0.05) is 13.8 Å². The summed E-state index contributed by atoms with van der Waals surface area (Å²) in [5, 5.41) is 16.7. The third kappa shape index (κ3) is 2.23. The molecule has 0 aliphatic heterocycles. The lowest BCUT2D eigenvalue weighted by atomic mass is 10.2. The highest BCUT2D eigenvalue weighted by atomic mass is 16.4. The van der Waals surface area contributed by atoms with Gasteiger partial charge in [-0.3, -0.25) is 0 Å². The number of carboxylic acid groups (broad SMARTS) is 1. The van der Waals surface area contributed by atoms with Gasteiger partial charge in [0.1, 0.15) is 5.82 Å². The van der Waals surface area contributed by atoms with Gasteiger partial charge in [-0.2, -0.15) is 9.50 Å². The van der Waals surface area contributed by atoms with Crippen LogP contribution in [0.1, 0.15) is 48.9 Å². The van der Waals surface area contributed by atoms with Gasteiger partial charge < -0.3 is 10.4 Å². The zero-order chi connectivity index (χ0) is 13.6. The number of aromatic nitrogens is 4. The standard InChI is InChI=1S/C12H15N5O2/c1-6(2)10-15-12-14-8(11(18)19)5-9(17(12)16-10)13-7-3-4-7/h5-7,13H,3-4H2,1-2H3,(H,18,19). The highest BCUT2D eigenvalue weighted by molar-refractivity contribution is 5.86. The van der Waals surface area contributed by atoms with Crippen molar-refractivity contribution in [3.8, 4) is 0 Å². The molecule has 2 N–H and O–H groups in total. The zero-order valence-electron chi connectivity index (χ0n) is 10.8. The predicted octanol–water partition coefficient (Wildman–Crippen LogP) is 1.52. The number of hydrogen-bond donors (Lipinski definition) is 2. The van der Waals surface area contributed by atoms with Gasteiger partial charge in [-0.25, -0.2) is 9.78 Å². The molecule has 1 aliphatic rings. The van der Waals surface area contributed by atoms with Crippen LogP contribution in [-0.2, 0) is 0 Å². The van der Waals surface area contributed by atoms with Crippen LogP contribution >= 0.6 is 0 Å². The molecule has 2 aromatic heterocycles. The molecule has 100 valence electrons. The first-order chi connectivity index (χ1) is 9.04. The number of aromatic carboxylic acids is 1. The van der Waals surface area contributed by atoms with E-state index in [9.17, 15) is 4.79 Å². The minimum atomic E-state index is -1.06.